The van der Waals surface area contributed by atoms with Crippen molar-refractivity contribution >= 4 is 21.6 Å². The fraction of sp³-hybridized carbons (Fsp3) is 0.188. The van der Waals surface area contributed by atoms with Gasteiger partial charge in [-0.15, -0.1) is 0 Å². The maximum absolute atomic E-state index is 8.93. The average Bonchev–Trinajstić information content (AvgIpc) is 2.41. The van der Waals surface area contributed by atoms with Crippen molar-refractivity contribution in [2.45, 2.75) is 13.5 Å². The summed E-state index contributed by atoms with van der Waals surface area (Å²) in [5.74, 6) is 0. The first-order valence-corrected chi connectivity index (χ1v) is 6.86. The van der Waals surface area contributed by atoms with Gasteiger partial charge in [-0.05, 0) is 52.2 Å². The van der Waals surface area contributed by atoms with Gasteiger partial charge in [0, 0.05) is 23.8 Å². The van der Waals surface area contributed by atoms with E-state index in [1.54, 1.807) is 0 Å². The van der Waals surface area contributed by atoms with Crippen LogP contribution >= 0.6 is 15.9 Å². The first-order chi connectivity index (χ1) is 9.11. The molecule has 0 heterocycles. The third kappa shape index (κ3) is 3.15. The number of halogens is 1. The Kier molecular flexibility index (Phi) is 4.24. The normalized spacial score (nSPS) is 10.0. The number of rotatable bonds is 3. The van der Waals surface area contributed by atoms with Gasteiger partial charge in [0.25, 0.3) is 0 Å². The van der Waals surface area contributed by atoms with Gasteiger partial charge in [0.1, 0.15) is 6.07 Å². The summed E-state index contributed by atoms with van der Waals surface area (Å²) in [5.41, 5.74) is 4.36. The van der Waals surface area contributed by atoms with Gasteiger partial charge in [-0.1, -0.05) is 24.3 Å². The molecule has 2 rings (SSSR count). The monoisotopic (exact) mass is 314 g/mol. The minimum absolute atomic E-state index is 0.660. The topological polar surface area (TPSA) is 27.0 Å². The van der Waals surface area contributed by atoms with Crippen molar-refractivity contribution in [1.82, 2.24) is 0 Å². The highest BCUT2D eigenvalue weighted by atomic mass is 79.9. The Labute approximate surface area is 122 Å². The summed E-state index contributed by atoms with van der Waals surface area (Å²) in [4.78, 5) is 2.17. The summed E-state index contributed by atoms with van der Waals surface area (Å²) < 4.78 is 0.837. The van der Waals surface area contributed by atoms with Crippen molar-refractivity contribution in [3.8, 4) is 6.07 Å². The number of anilines is 1. The molecular weight excluding hydrogens is 300 g/mol. The van der Waals surface area contributed by atoms with Crippen LogP contribution < -0.4 is 4.90 Å². The minimum Gasteiger partial charge on any atom is -0.370 e. The van der Waals surface area contributed by atoms with Gasteiger partial charge in [0.2, 0.25) is 0 Å². The zero-order chi connectivity index (χ0) is 13.8. The van der Waals surface area contributed by atoms with E-state index >= 15 is 0 Å². The number of hydrogen-bond donors (Lipinski definition) is 0. The summed E-state index contributed by atoms with van der Waals surface area (Å²) in [6.45, 7) is 2.98. The van der Waals surface area contributed by atoms with E-state index < -0.39 is 0 Å². The molecule has 0 N–H and O–H groups in total. The van der Waals surface area contributed by atoms with Gasteiger partial charge < -0.3 is 4.90 Å². The summed E-state index contributed by atoms with van der Waals surface area (Å²) in [5, 5.41) is 8.93. The summed E-state index contributed by atoms with van der Waals surface area (Å²) in [7, 11) is 2.06. The minimum atomic E-state index is 0.660. The molecule has 2 aromatic rings. The Morgan fingerprint density at radius 1 is 1.21 bits per heavy atom. The zero-order valence-electron chi connectivity index (χ0n) is 11.0. The van der Waals surface area contributed by atoms with Crippen LogP contribution in [0.25, 0.3) is 0 Å². The first kappa shape index (κ1) is 13.6. The van der Waals surface area contributed by atoms with E-state index in [9.17, 15) is 0 Å². The van der Waals surface area contributed by atoms with E-state index in [0.29, 0.717) is 5.56 Å². The van der Waals surface area contributed by atoms with Crippen molar-refractivity contribution < 1.29 is 0 Å². The van der Waals surface area contributed by atoms with E-state index in [1.165, 1.54) is 11.1 Å². The molecule has 0 aliphatic carbocycles. The molecule has 19 heavy (non-hydrogen) atoms. The third-order valence-corrected chi connectivity index (χ3v) is 3.84. The standard InChI is InChI=1S/C16H15BrN2/c1-12-5-3-4-6-14(12)11-19(2)15-8-7-13(10-18)16(17)9-15/h3-9H,11H2,1-2H3. The van der Waals surface area contributed by atoms with Crippen LogP contribution in [-0.2, 0) is 6.54 Å². The van der Waals surface area contributed by atoms with Gasteiger partial charge in [0.15, 0.2) is 0 Å². The number of benzene rings is 2. The van der Waals surface area contributed by atoms with Gasteiger partial charge in [-0.25, -0.2) is 0 Å². The molecule has 0 fully saturated rings. The highest BCUT2D eigenvalue weighted by molar-refractivity contribution is 9.10. The van der Waals surface area contributed by atoms with E-state index in [0.717, 1.165) is 16.7 Å². The van der Waals surface area contributed by atoms with Gasteiger partial charge in [0.05, 0.1) is 5.56 Å². The lowest BCUT2D eigenvalue weighted by molar-refractivity contribution is 0.914. The highest BCUT2D eigenvalue weighted by Gasteiger charge is 2.06. The van der Waals surface area contributed by atoms with Crippen molar-refractivity contribution in [1.29, 1.82) is 5.26 Å². The molecule has 0 bridgehead atoms. The number of aryl methyl sites for hydroxylation is 1. The Hall–Kier alpha value is -1.79. The second-order valence-corrected chi connectivity index (χ2v) is 5.41. The van der Waals surface area contributed by atoms with E-state index in [2.05, 4.69) is 65.1 Å². The van der Waals surface area contributed by atoms with E-state index in [1.807, 2.05) is 18.2 Å². The molecule has 0 amide bonds. The van der Waals surface area contributed by atoms with Crippen LogP contribution in [0.4, 0.5) is 5.69 Å². The lowest BCUT2D eigenvalue weighted by Gasteiger charge is -2.21. The fourth-order valence-electron chi connectivity index (χ4n) is 1.97. The van der Waals surface area contributed by atoms with Gasteiger partial charge >= 0.3 is 0 Å². The smallest absolute Gasteiger partial charge is 0.100 e. The van der Waals surface area contributed by atoms with Crippen LogP contribution in [0.15, 0.2) is 46.9 Å². The van der Waals surface area contributed by atoms with Crippen LogP contribution in [0.1, 0.15) is 16.7 Å². The molecular formula is C16H15BrN2. The summed E-state index contributed by atoms with van der Waals surface area (Å²) in [6, 6.07) is 16.3. The van der Waals surface area contributed by atoms with Crippen LogP contribution in [0.2, 0.25) is 0 Å². The third-order valence-electron chi connectivity index (χ3n) is 3.18. The molecule has 96 valence electrons. The molecule has 0 radical (unpaired) electrons. The van der Waals surface area contributed by atoms with Crippen LogP contribution in [0, 0.1) is 18.3 Å². The molecule has 0 aliphatic rings. The van der Waals surface area contributed by atoms with Crippen molar-refractivity contribution in [3.63, 3.8) is 0 Å². The molecule has 0 aromatic heterocycles. The van der Waals surface area contributed by atoms with Crippen LogP contribution in [0.5, 0.6) is 0 Å². The molecule has 0 saturated heterocycles. The zero-order valence-corrected chi connectivity index (χ0v) is 12.6. The molecule has 0 atom stereocenters. The number of nitrogens with zero attached hydrogens (tertiary/aromatic N) is 2. The Balaban J connectivity index is 2.21. The van der Waals surface area contributed by atoms with Crippen LogP contribution in [0.3, 0.4) is 0 Å². The SMILES string of the molecule is Cc1ccccc1CN(C)c1ccc(C#N)c(Br)c1. The quantitative estimate of drug-likeness (QED) is 0.846. The molecule has 2 aromatic carbocycles. The fourth-order valence-corrected chi connectivity index (χ4v) is 2.42. The predicted molar refractivity (Wildman–Crippen MR) is 82.1 cm³/mol. The lowest BCUT2D eigenvalue weighted by Crippen LogP contribution is -2.17. The predicted octanol–water partition coefficient (Wildman–Crippen LogP) is 4.27. The Morgan fingerprint density at radius 3 is 2.58 bits per heavy atom. The van der Waals surface area contributed by atoms with Crippen molar-refractivity contribution in [3.05, 3.63) is 63.6 Å². The highest BCUT2D eigenvalue weighted by Crippen LogP contribution is 2.24. The first-order valence-electron chi connectivity index (χ1n) is 6.07. The van der Waals surface area contributed by atoms with Gasteiger partial charge in [-0.2, -0.15) is 5.26 Å². The maximum Gasteiger partial charge on any atom is 0.100 e. The molecule has 0 aliphatic heterocycles. The number of nitriles is 1. The molecule has 2 nitrogen and oxygen atoms in total. The molecule has 0 spiro atoms. The second kappa shape index (κ2) is 5.90. The Bertz CT molecular complexity index is 629. The largest absolute Gasteiger partial charge is 0.370 e. The van der Waals surface area contributed by atoms with Crippen molar-refractivity contribution in [2.24, 2.45) is 0 Å². The lowest BCUT2D eigenvalue weighted by atomic mass is 10.1. The molecule has 0 unspecified atom stereocenters. The van der Waals surface area contributed by atoms with Crippen molar-refractivity contribution in [2.75, 3.05) is 11.9 Å². The summed E-state index contributed by atoms with van der Waals surface area (Å²) in [6.07, 6.45) is 0. The van der Waals surface area contributed by atoms with Crippen LogP contribution in [-0.4, -0.2) is 7.05 Å². The second-order valence-electron chi connectivity index (χ2n) is 4.56. The maximum atomic E-state index is 8.93. The molecule has 0 saturated carbocycles. The van der Waals surface area contributed by atoms with E-state index in [4.69, 9.17) is 5.26 Å². The number of hydrogen-bond acceptors (Lipinski definition) is 2. The summed E-state index contributed by atoms with van der Waals surface area (Å²) >= 11 is 3.43. The Morgan fingerprint density at radius 2 is 1.95 bits per heavy atom. The van der Waals surface area contributed by atoms with E-state index in [-0.39, 0.29) is 0 Å². The molecule has 3 heteroatoms. The average molecular weight is 315 g/mol. The van der Waals surface area contributed by atoms with Gasteiger partial charge in [-0.3, -0.25) is 0 Å².